The van der Waals surface area contributed by atoms with E-state index in [1.54, 1.807) is 0 Å². The van der Waals surface area contributed by atoms with E-state index in [9.17, 15) is 4.79 Å². The Morgan fingerprint density at radius 1 is 1.00 bits per heavy atom. The summed E-state index contributed by atoms with van der Waals surface area (Å²) in [5.41, 5.74) is 0.0192. The third-order valence-electron chi connectivity index (χ3n) is 2.08. The maximum atomic E-state index is 11.6. The molecule has 0 atom stereocenters. The molecule has 0 spiro atoms. The van der Waals surface area contributed by atoms with E-state index in [0.717, 1.165) is 0 Å². The minimum Gasteiger partial charge on any atom is -0.309 e. The first kappa shape index (κ1) is 12.3. The van der Waals surface area contributed by atoms with Gasteiger partial charge in [-0.15, -0.1) is 0 Å². The third-order valence-corrected chi connectivity index (χ3v) is 2.08. The molecule has 0 amide bonds. The van der Waals surface area contributed by atoms with Crippen LogP contribution in [0.25, 0.3) is 0 Å². The third kappa shape index (κ3) is 4.20. The molecule has 0 heterocycles. The van der Waals surface area contributed by atoms with Crippen molar-refractivity contribution < 1.29 is 4.79 Å². The van der Waals surface area contributed by atoms with Crippen LogP contribution in [-0.2, 0) is 4.79 Å². The van der Waals surface area contributed by atoms with Gasteiger partial charge in [0.2, 0.25) is 0 Å². The van der Waals surface area contributed by atoms with E-state index in [1.807, 2.05) is 41.5 Å². The van der Waals surface area contributed by atoms with Crippen LogP contribution < -0.4 is 0 Å². The predicted octanol–water partition coefficient (Wildman–Crippen LogP) is 3.06. The lowest BCUT2D eigenvalue weighted by Gasteiger charge is -2.23. The second kappa shape index (κ2) is 3.60. The summed E-state index contributed by atoms with van der Waals surface area (Å²) >= 11 is 0. The van der Waals surface area contributed by atoms with Gasteiger partial charge < -0.3 is 5.41 Å². The highest BCUT2D eigenvalue weighted by Gasteiger charge is 2.26. The first-order chi connectivity index (χ1) is 5.55. The average Bonchev–Trinajstić information content (AvgIpc) is 1.82. The quantitative estimate of drug-likeness (QED) is 0.657. The molecule has 76 valence electrons. The molecular weight excluding hydrogens is 162 g/mol. The van der Waals surface area contributed by atoms with Gasteiger partial charge in [-0.25, -0.2) is 0 Å². The molecule has 0 saturated heterocycles. The first-order valence-corrected chi connectivity index (χ1v) is 4.66. The fourth-order valence-electron chi connectivity index (χ4n) is 0.691. The summed E-state index contributed by atoms with van der Waals surface area (Å²) < 4.78 is 0. The monoisotopic (exact) mass is 183 g/mol. The largest absolute Gasteiger partial charge is 0.309 e. The Balaban J connectivity index is 4.34. The number of carbonyl (C=O) groups excluding carboxylic acids is 1. The zero-order valence-electron chi connectivity index (χ0n) is 9.62. The standard InChI is InChI=1S/C11H21NO/c1-10(2,3)8(12)7-9(13)11(4,5)6/h12H,7H2,1-6H3. The van der Waals surface area contributed by atoms with Gasteiger partial charge in [0.05, 0.1) is 0 Å². The van der Waals surface area contributed by atoms with E-state index >= 15 is 0 Å². The number of hydrogen-bond donors (Lipinski definition) is 1. The van der Waals surface area contributed by atoms with Crippen LogP contribution in [0.3, 0.4) is 0 Å². The highest BCUT2D eigenvalue weighted by Crippen LogP contribution is 2.22. The number of Topliss-reactive ketones (excluding diaryl/α,β-unsaturated/α-hetero) is 1. The molecule has 0 fully saturated rings. The van der Waals surface area contributed by atoms with Gasteiger partial charge in [0, 0.05) is 17.5 Å². The fraction of sp³-hybridized carbons (Fsp3) is 0.818. The maximum Gasteiger partial charge on any atom is 0.143 e. The van der Waals surface area contributed by atoms with Crippen molar-refractivity contribution in [3.05, 3.63) is 0 Å². The van der Waals surface area contributed by atoms with Crippen LogP contribution in [0.1, 0.15) is 48.0 Å². The molecule has 2 nitrogen and oxygen atoms in total. The summed E-state index contributed by atoms with van der Waals surface area (Å²) in [6.45, 7) is 11.6. The van der Waals surface area contributed by atoms with Crippen LogP contribution in [0.15, 0.2) is 0 Å². The molecule has 13 heavy (non-hydrogen) atoms. The van der Waals surface area contributed by atoms with E-state index < -0.39 is 0 Å². The molecule has 0 unspecified atom stereocenters. The van der Waals surface area contributed by atoms with E-state index in [2.05, 4.69) is 0 Å². The van der Waals surface area contributed by atoms with Crippen LogP contribution in [0, 0.1) is 16.2 Å². The molecule has 0 aromatic rings. The highest BCUT2D eigenvalue weighted by molar-refractivity contribution is 6.04. The average molecular weight is 183 g/mol. The Morgan fingerprint density at radius 3 is 1.62 bits per heavy atom. The smallest absolute Gasteiger partial charge is 0.143 e. The maximum absolute atomic E-state index is 11.6. The summed E-state index contributed by atoms with van der Waals surface area (Å²) in [6, 6.07) is 0. The Kier molecular flexibility index (Phi) is 3.42. The molecule has 0 rings (SSSR count). The van der Waals surface area contributed by atoms with Crippen LogP contribution in [0.4, 0.5) is 0 Å². The van der Waals surface area contributed by atoms with E-state index in [1.165, 1.54) is 0 Å². The van der Waals surface area contributed by atoms with Gasteiger partial charge in [0.15, 0.2) is 0 Å². The summed E-state index contributed by atoms with van der Waals surface area (Å²) in [5.74, 6) is 0.146. The minimum absolute atomic E-state index is 0.146. The van der Waals surface area contributed by atoms with Crippen LogP contribution in [-0.4, -0.2) is 11.5 Å². The Labute approximate surface area is 81.2 Å². The van der Waals surface area contributed by atoms with Gasteiger partial charge in [-0.1, -0.05) is 41.5 Å². The van der Waals surface area contributed by atoms with Gasteiger partial charge in [-0.3, -0.25) is 4.79 Å². The zero-order chi connectivity index (χ0) is 10.9. The van der Waals surface area contributed by atoms with Crippen LogP contribution >= 0.6 is 0 Å². The normalized spacial score (nSPS) is 12.8. The van der Waals surface area contributed by atoms with Gasteiger partial charge in [0.25, 0.3) is 0 Å². The van der Waals surface area contributed by atoms with Crippen molar-refractivity contribution in [3.8, 4) is 0 Å². The lowest BCUT2D eigenvalue weighted by molar-refractivity contribution is -0.125. The number of carbonyl (C=O) groups is 1. The Hall–Kier alpha value is -0.660. The first-order valence-electron chi connectivity index (χ1n) is 4.66. The lowest BCUT2D eigenvalue weighted by atomic mass is 9.81. The van der Waals surface area contributed by atoms with Crippen LogP contribution in [0.2, 0.25) is 0 Å². The number of rotatable bonds is 2. The summed E-state index contributed by atoms with van der Waals surface area (Å²) in [4.78, 5) is 11.6. The van der Waals surface area contributed by atoms with Gasteiger partial charge in [-0.05, 0) is 5.41 Å². The molecule has 0 aromatic heterocycles. The Morgan fingerprint density at radius 2 is 1.38 bits per heavy atom. The van der Waals surface area contributed by atoms with Crippen molar-refractivity contribution in [1.82, 2.24) is 0 Å². The molecule has 0 aliphatic heterocycles. The number of ketones is 1. The predicted molar refractivity (Wildman–Crippen MR) is 56.3 cm³/mol. The molecule has 0 aliphatic carbocycles. The number of hydrogen-bond acceptors (Lipinski definition) is 2. The van der Waals surface area contributed by atoms with Gasteiger partial charge >= 0.3 is 0 Å². The molecular formula is C11H21NO. The van der Waals surface area contributed by atoms with E-state index in [4.69, 9.17) is 5.41 Å². The van der Waals surface area contributed by atoms with Crippen molar-refractivity contribution in [2.45, 2.75) is 48.0 Å². The summed E-state index contributed by atoms with van der Waals surface area (Å²) in [7, 11) is 0. The van der Waals surface area contributed by atoms with Crippen molar-refractivity contribution in [2.24, 2.45) is 10.8 Å². The molecule has 0 bridgehead atoms. The molecule has 0 aromatic carbocycles. The molecule has 2 heteroatoms. The lowest BCUT2D eigenvalue weighted by Crippen LogP contribution is -2.28. The second-order valence-electron chi connectivity index (χ2n) is 5.58. The van der Waals surface area contributed by atoms with Crippen molar-refractivity contribution in [1.29, 1.82) is 5.41 Å². The molecule has 0 saturated carbocycles. The Bertz CT molecular complexity index is 191. The summed E-state index contributed by atoms with van der Waals surface area (Å²) in [5, 5.41) is 7.73. The van der Waals surface area contributed by atoms with Crippen LogP contribution in [0.5, 0.6) is 0 Å². The van der Waals surface area contributed by atoms with Crippen molar-refractivity contribution >= 4 is 11.5 Å². The molecule has 0 radical (unpaired) electrons. The number of nitrogens with one attached hydrogen (secondary N) is 1. The van der Waals surface area contributed by atoms with E-state index in [-0.39, 0.29) is 23.0 Å². The minimum atomic E-state index is -0.322. The topological polar surface area (TPSA) is 40.9 Å². The molecule has 1 N–H and O–H groups in total. The second-order valence-corrected chi connectivity index (χ2v) is 5.58. The fourth-order valence-corrected chi connectivity index (χ4v) is 0.691. The highest BCUT2D eigenvalue weighted by atomic mass is 16.1. The van der Waals surface area contributed by atoms with Crippen molar-refractivity contribution in [3.63, 3.8) is 0 Å². The summed E-state index contributed by atoms with van der Waals surface area (Å²) in [6.07, 6.45) is 0.285. The zero-order valence-corrected chi connectivity index (χ0v) is 9.62. The van der Waals surface area contributed by atoms with Crippen molar-refractivity contribution in [2.75, 3.05) is 0 Å². The molecule has 0 aliphatic rings. The van der Waals surface area contributed by atoms with Gasteiger partial charge in [0.1, 0.15) is 5.78 Å². The SMILES string of the molecule is CC(C)(C)C(=N)CC(=O)C(C)(C)C. The van der Waals surface area contributed by atoms with Gasteiger partial charge in [-0.2, -0.15) is 0 Å². The van der Waals surface area contributed by atoms with E-state index in [0.29, 0.717) is 5.71 Å².